The predicted octanol–water partition coefficient (Wildman–Crippen LogP) is 3.19. The molecule has 2 N–H and O–H groups in total. The fourth-order valence-electron chi connectivity index (χ4n) is 3.88. The van der Waals surface area contributed by atoms with Crippen LogP contribution in [-0.2, 0) is 22.3 Å². The van der Waals surface area contributed by atoms with Gasteiger partial charge in [0, 0.05) is 26.7 Å². The number of likely N-dealkylation sites (tertiary alicyclic amines) is 1. The van der Waals surface area contributed by atoms with Crippen molar-refractivity contribution in [2.45, 2.75) is 45.4 Å². The summed E-state index contributed by atoms with van der Waals surface area (Å²) in [6, 6.07) is 7.68. The first kappa shape index (κ1) is 25.2. The maximum atomic E-state index is 11.6. The van der Waals surface area contributed by atoms with Crippen molar-refractivity contribution in [2.24, 2.45) is 16.8 Å². The Morgan fingerprint density at radius 1 is 1.21 bits per heavy atom. The van der Waals surface area contributed by atoms with Gasteiger partial charge in [0.1, 0.15) is 0 Å². The largest absolute Gasteiger partial charge is 0.352 e. The van der Waals surface area contributed by atoms with Gasteiger partial charge in [-0.15, -0.1) is 24.0 Å². The molecular weight excluding hydrogens is 487 g/mol. The van der Waals surface area contributed by atoms with E-state index < -0.39 is 10.0 Å². The highest BCUT2D eigenvalue weighted by molar-refractivity contribution is 14.0. The van der Waals surface area contributed by atoms with Crippen LogP contribution in [0.4, 0.5) is 0 Å². The van der Waals surface area contributed by atoms with E-state index in [0.717, 1.165) is 42.0 Å². The lowest BCUT2D eigenvalue weighted by molar-refractivity contribution is 0.319. The van der Waals surface area contributed by atoms with Gasteiger partial charge in [0.05, 0.1) is 5.75 Å². The van der Waals surface area contributed by atoms with Crippen LogP contribution in [0.15, 0.2) is 29.3 Å². The second kappa shape index (κ2) is 12.0. The van der Waals surface area contributed by atoms with Crippen LogP contribution in [0.3, 0.4) is 0 Å². The first-order valence-electron chi connectivity index (χ1n) is 9.87. The van der Waals surface area contributed by atoms with Gasteiger partial charge in [0.2, 0.25) is 10.0 Å². The zero-order chi connectivity index (χ0) is 19.9. The summed E-state index contributed by atoms with van der Waals surface area (Å²) in [4.78, 5) is 6.81. The molecule has 6 nitrogen and oxygen atoms in total. The van der Waals surface area contributed by atoms with E-state index in [1.807, 2.05) is 31.3 Å². The molecule has 0 bridgehead atoms. The van der Waals surface area contributed by atoms with Crippen LogP contribution in [0.5, 0.6) is 0 Å². The van der Waals surface area contributed by atoms with Crippen LogP contribution in [0.1, 0.15) is 44.2 Å². The summed E-state index contributed by atoms with van der Waals surface area (Å²) in [5, 5.41) is 3.45. The number of nitrogens with one attached hydrogen (secondary N) is 2. The van der Waals surface area contributed by atoms with Gasteiger partial charge in [-0.2, -0.15) is 0 Å². The summed E-state index contributed by atoms with van der Waals surface area (Å²) in [6.45, 7) is 7.39. The summed E-state index contributed by atoms with van der Waals surface area (Å²) in [5.41, 5.74) is 1.89. The molecule has 0 aliphatic carbocycles. The molecule has 8 heteroatoms. The van der Waals surface area contributed by atoms with E-state index in [-0.39, 0.29) is 29.7 Å². The third kappa shape index (κ3) is 7.18. The van der Waals surface area contributed by atoms with Crippen molar-refractivity contribution >= 4 is 40.0 Å². The highest BCUT2D eigenvalue weighted by atomic mass is 127. The van der Waals surface area contributed by atoms with Crippen molar-refractivity contribution in [3.8, 4) is 0 Å². The topological polar surface area (TPSA) is 73.8 Å². The molecule has 0 saturated carbocycles. The van der Waals surface area contributed by atoms with Crippen molar-refractivity contribution in [1.29, 1.82) is 0 Å². The fourth-order valence-corrected chi connectivity index (χ4v) is 4.65. The number of hydrogen-bond donors (Lipinski definition) is 2. The molecule has 1 aromatic carbocycles. The van der Waals surface area contributed by atoms with Gasteiger partial charge >= 0.3 is 0 Å². The Kier molecular flexibility index (Phi) is 10.8. The minimum Gasteiger partial charge on any atom is -0.352 e. The molecule has 0 spiro atoms. The maximum Gasteiger partial charge on any atom is 0.215 e. The Labute approximate surface area is 187 Å². The molecule has 1 heterocycles. The molecule has 1 aliphatic heterocycles. The molecule has 1 aromatic rings. The zero-order valence-corrected chi connectivity index (χ0v) is 20.6. The molecule has 0 aromatic heterocycles. The average molecular weight is 522 g/mol. The highest BCUT2D eigenvalue weighted by Gasteiger charge is 2.29. The van der Waals surface area contributed by atoms with Crippen molar-refractivity contribution in [3.63, 3.8) is 0 Å². The van der Waals surface area contributed by atoms with Gasteiger partial charge in [0.25, 0.3) is 0 Å². The van der Waals surface area contributed by atoms with Crippen LogP contribution >= 0.6 is 24.0 Å². The van der Waals surface area contributed by atoms with Crippen LogP contribution in [0, 0.1) is 11.8 Å². The van der Waals surface area contributed by atoms with Gasteiger partial charge < -0.3 is 10.2 Å². The van der Waals surface area contributed by atoms with Crippen molar-refractivity contribution < 1.29 is 8.42 Å². The van der Waals surface area contributed by atoms with Crippen LogP contribution in [0.25, 0.3) is 0 Å². The summed E-state index contributed by atoms with van der Waals surface area (Å²) in [5.74, 6) is 2.51. The predicted molar refractivity (Wildman–Crippen MR) is 127 cm³/mol. The number of halogens is 1. The van der Waals surface area contributed by atoms with Crippen molar-refractivity contribution in [1.82, 2.24) is 14.9 Å². The summed E-state index contributed by atoms with van der Waals surface area (Å²) in [7, 11) is 0.0333. The first-order chi connectivity index (χ1) is 12.9. The molecule has 160 valence electrons. The molecule has 2 rings (SSSR count). The molecule has 1 aliphatic rings. The van der Waals surface area contributed by atoms with Crippen molar-refractivity contribution in [3.05, 3.63) is 35.4 Å². The van der Waals surface area contributed by atoms with Crippen LogP contribution < -0.4 is 10.0 Å². The Balaban J connectivity index is 0.00000392. The lowest BCUT2D eigenvalue weighted by atomic mass is 9.87. The lowest BCUT2D eigenvalue weighted by Gasteiger charge is -2.24. The molecule has 1 saturated heterocycles. The van der Waals surface area contributed by atoms with E-state index in [1.54, 1.807) is 0 Å². The quantitative estimate of drug-likeness (QED) is 0.313. The second-order valence-electron chi connectivity index (χ2n) is 7.25. The van der Waals surface area contributed by atoms with Gasteiger partial charge in [0.15, 0.2) is 5.96 Å². The molecule has 1 atom stereocenters. The van der Waals surface area contributed by atoms with Gasteiger partial charge in [-0.1, -0.05) is 51.0 Å². The second-order valence-corrected chi connectivity index (χ2v) is 9.18. The van der Waals surface area contributed by atoms with E-state index in [1.165, 1.54) is 26.3 Å². The first-order valence-corrected chi connectivity index (χ1v) is 11.5. The SMILES string of the molecule is CCC(CC)C1CCN(C(=NC)NCc2ccc(CS(=O)(=O)NC)cc2)C1.I. The number of benzene rings is 1. The monoisotopic (exact) mass is 522 g/mol. The molecule has 0 radical (unpaired) electrons. The number of nitrogens with zero attached hydrogens (tertiary/aromatic N) is 2. The number of aliphatic imine (C=N–C) groups is 1. The van der Waals surface area contributed by atoms with Crippen LogP contribution in [-0.4, -0.2) is 46.5 Å². The smallest absolute Gasteiger partial charge is 0.215 e. The van der Waals surface area contributed by atoms with Gasteiger partial charge in [-0.05, 0) is 36.4 Å². The van der Waals surface area contributed by atoms with E-state index in [4.69, 9.17) is 0 Å². The number of sulfonamides is 1. The van der Waals surface area contributed by atoms with E-state index in [9.17, 15) is 8.42 Å². The minimum absolute atomic E-state index is 0. The molecule has 1 unspecified atom stereocenters. The van der Waals surface area contributed by atoms with Gasteiger partial charge in [-0.3, -0.25) is 4.99 Å². The number of hydrogen-bond acceptors (Lipinski definition) is 3. The Morgan fingerprint density at radius 2 is 1.82 bits per heavy atom. The summed E-state index contributed by atoms with van der Waals surface area (Å²) in [6.07, 6.45) is 3.73. The van der Waals surface area contributed by atoms with E-state index in [0.29, 0.717) is 6.54 Å². The Bertz CT molecular complexity index is 718. The number of guanidine groups is 1. The van der Waals surface area contributed by atoms with E-state index >= 15 is 0 Å². The molecule has 1 fully saturated rings. The summed E-state index contributed by atoms with van der Waals surface area (Å²) >= 11 is 0. The van der Waals surface area contributed by atoms with Gasteiger partial charge in [-0.25, -0.2) is 13.1 Å². The third-order valence-electron chi connectivity index (χ3n) is 5.59. The average Bonchev–Trinajstić information content (AvgIpc) is 3.14. The zero-order valence-electron chi connectivity index (χ0n) is 17.4. The fraction of sp³-hybridized carbons (Fsp3) is 0.650. The standard InChI is InChI=1S/C20H34N4O2S.HI/c1-5-18(6-2)19-11-12-24(14-19)20(21-3)23-13-16-7-9-17(10-8-16)15-27(25,26)22-4;/h7-10,18-19,22H,5-6,11-15H2,1-4H3,(H,21,23);1H. The number of rotatable bonds is 8. The Hall–Kier alpha value is -0.870. The Morgan fingerprint density at radius 3 is 2.36 bits per heavy atom. The summed E-state index contributed by atoms with van der Waals surface area (Å²) < 4.78 is 25.6. The molecular formula is C20H35IN4O2S. The van der Waals surface area contributed by atoms with Crippen LogP contribution in [0.2, 0.25) is 0 Å². The third-order valence-corrected chi connectivity index (χ3v) is 6.93. The van der Waals surface area contributed by atoms with E-state index in [2.05, 4.69) is 33.8 Å². The molecule has 0 amide bonds. The van der Waals surface area contributed by atoms with Crippen molar-refractivity contribution in [2.75, 3.05) is 27.2 Å². The lowest BCUT2D eigenvalue weighted by Crippen LogP contribution is -2.40. The minimum atomic E-state index is -3.23. The normalized spacial score (nSPS) is 17.7. The maximum absolute atomic E-state index is 11.6. The molecule has 28 heavy (non-hydrogen) atoms. The highest BCUT2D eigenvalue weighted by Crippen LogP contribution is 2.28.